The Kier molecular flexibility index (Phi) is 46.0. The third-order valence-corrected chi connectivity index (χ3v) is 10.5. The number of carbonyl (C=O) groups is 3. The van der Waals surface area contributed by atoms with E-state index in [2.05, 4.69) is 93.7 Å². The molecule has 0 saturated heterocycles. The van der Waals surface area contributed by atoms with E-state index >= 15 is 0 Å². The van der Waals surface area contributed by atoms with Gasteiger partial charge in [0.2, 0.25) is 0 Å². The van der Waals surface area contributed by atoms with Crippen molar-refractivity contribution in [1.29, 1.82) is 0 Å². The van der Waals surface area contributed by atoms with E-state index in [1.54, 1.807) is 0 Å². The first kappa shape index (κ1) is 56.9. The van der Waals surface area contributed by atoms with Crippen molar-refractivity contribution in [3.8, 4) is 0 Å². The van der Waals surface area contributed by atoms with Gasteiger partial charge in [0, 0.05) is 19.3 Å². The van der Waals surface area contributed by atoms with Crippen LogP contribution in [0.25, 0.3) is 0 Å². The van der Waals surface area contributed by atoms with Crippen LogP contribution in [-0.4, -0.2) is 37.2 Å². The van der Waals surface area contributed by atoms with Gasteiger partial charge in [0.25, 0.3) is 0 Å². The lowest BCUT2D eigenvalue weighted by atomic mass is 10.0. The number of carbonyl (C=O) groups excluding carboxylic acids is 3. The smallest absolute Gasteiger partial charge is 0.306 e. The van der Waals surface area contributed by atoms with Gasteiger partial charge in [-0.2, -0.15) is 0 Å². The summed E-state index contributed by atoms with van der Waals surface area (Å²) in [4.78, 5) is 37.7. The van der Waals surface area contributed by atoms with Crippen LogP contribution in [0.1, 0.15) is 233 Å². The van der Waals surface area contributed by atoms with E-state index in [9.17, 15) is 14.4 Å². The summed E-state index contributed by atoms with van der Waals surface area (Å²) in [7, 11) is 0. The fraction of sp³-hybridized carbons (Fsp3) is 0.722. The van der Waals surface area contributed by atoms with Crippen molar-refractivity contribution in [1.82, 2.24) is 0 Å². The van der Waals surface area contributed by atoms with Crippen molar-refractivity contribution >= 4 is 17.9 Å². The van der Waals surface area contributed by atoms with Crippen LogP contribution in [0.3, 0.4) is 0 Å². The molecule has 1 unspecified atom stereocenters. The van der Waals surface area contributed by atoms with Gasteiger partial charge in [-0.1, -0.05) is 216 Å². The average molecular weight is 837 g/mol. The van der Waals surface area contributed by atoms with Crippen molar-refractivity contribution in [2.45, 2.75) is 239 Å². The zero-order valence-corrected chi connectivity index (χ0v) is 39.2. The molecule has 0 aliphatic heterocycles. The second-order valence-corrected chi connectivity index (χ2v) is 16.4. The highest BCUT2D eigenvalue weighted by Crippen LogP contribution is 2.15. The largest absolute Gasteiger partial charge is 0.462 e. The van der Waals surface area contributed by atoms with Gasteiger partial charge < -0.3 is 14.2 Å². The monoisotopic (exact) mass is 837 g/mol. The second kappa shape index (κ2) is 48.5. The maximum atomic E-state index is 12.7. The minimum atomic E-state index is -0.787. The van der Waals surface area contributed by atoms with Crippen LogP contribution in [0.2, 0.25) is 0 Å². The molecule has 6 nitrogen and oxygen atoms in total. The second-order valence-electron chi connectivity index (χ2n) is 16.4. The van der Waals surface area contributed by atoms with Crippen molar-refractivity contribution in [2.24, 2.45) is 0 Å². The quantitative estimate of drug-likeness (QED) is 0.0263. The first-order valence-electron chi connectivity index (χ1n) is 24.9. The van der Waals surface area contributed by atoms with Crippen LogP contribution in [0, 0.1) is 0 Å². The molecule has 0 radical (unpaired) electrons. The van der Waals surface area contributed by atoms with E-state index in [-0.39, 0.29) is 31.1 Å². The number of hydrogen-bond acceptors (Lipinski definition) is 6. The molecule has 0 N–H and O–H groups in total. The van der Waals surface area contributed by atoms with E-state index in [0.29, 0.717) is 19.3 Å². The van der Waals surface area contributed by atoms with E-state index in [1.165, 1.54) is 96.3 Å². The Hall–Kier alpha value is -3.15. The maximum absolute atomic E-state index is 12.7. The Morgan fingerprint density at radius 1 is 0.350 bits per heavy atom. The van der Waals surface area contributed by atoms with E-state index in [1.807, 2.05) is 0 Å². The molecule has 6 heteroatoms. The molecule has 1 atom stereocenters. The van der Waals surface area contributed by atoms with E-state index < -0.39 is 6.10 Å². The van der Waals surface area contributed by atoms with Crippen LogP contribution < -0.4 is 0 Å². The molecule has 0 aliphatic carbocycles. The lowest BCUT2D eigenvalue weighted by Gasteiger charge is -2.18. The Morgan fingerprint density at radius 2 is 0.650 bits per heavy atom. The van der Waals surface area contributed by atoms with Gasteiger partial charge in [0.05, 0.1) is 0 Å². The average Bonchev–Trinajstić information content (AvgIpc) is 3.24. The molecule has 0 aliphatic rings. The van der Waals surface area contributed by atoms with Gasteiger partial charge in [-0.25, -0.2) is 0 Å². The van der Waals surface area contributed by atoms with Crippen molar-refractivity contribution in [2.75, 3.05) is 13.2 Å². The Bertz CT molecular complexity index is 1140. The van der Waals surface area contributed by atoms with Crippen LogP contribution in [0.15, 0.2) is 72.9 Å². The molecule has 0 aromatic carbocycles. The summed E-state index contributed by atoms with van der Waals surface area (Å²) in [5.74, 6) is -0.938. The highest BCUT2D eigenvalue weighted by atomic mass is 16.6. The lowest BCUT2D eigenvalue weighted by Crippen LogP contribution is -2.30. The Morgan fingerprint density at radius 3 is 1.02 bits per heavy atom. The summed E-state index contributed by atoms with van der Waals surface area (Å²) in [6, 6.07) is 0. The molecule has 0 amide bonds. The van der Waals surface area contributed by atoms with Crippen molar-refractivity contribution < 1.29 is 28.6 Å². The molecule has 344 valence electrons. The molecule has 0 aromatic rings. The fourth-order valence-electron chi connectivity index (χ4n) is 6.74. The SMILES string of the molecule is CC/C=C\C/C=C\C/C=C\C/C=C\C/C=C\C/C=C\CCCCC(=O)OCC(COC(=O)CCCCCCCCC)OC(=O)CCCCCCCCCCCCCCCC. The molecule has 0 heterocycles. The van der Waals surface area contributed by atoms with E-state index in [4.69, 9.17) is 14.2 Å². The first-order valence-corrected chi connectivity index (χ1v) is 24.9. The van der Waals surface area contributed by atoms with Gasteiger partial charge >= 0.3 is 17.9 Å². The third-order valence-electron chi connectivity index (χ3n) is 10.5. The lowest BCUT2D eigenvalue weighted by molar-refractivity contribution is -0.167. The Labute approximate surface area is 370 Å². The summed E-state index contributed by atoms with van der Waals surface area (Å²) >= 11 is 0. The van der Waals surface area contributed by atoms with Gasteiger partial charge in [-0.3, -0.25) is 14.4 Å². The molecule has 0 rings (SSSR count). The van der Waals surface area contributed by atoms with Gasteiger partial charge in [-0.05, 0) is 70.6 Å². The topological polar surface area (TPSA) is 78.9 Å². The highest BCUT2D eigenvalue weighted by Gasteiger charge is 2.19. The summed E-state index contributed by atoms with van der Waals surface area (Å²) in [5, 5.41) is 0. The number of hydrogen-bond donors (Lipinski definition) is 0. The third kappa shape index (κ3) is 45.9. The van der Waals surface area contributed by atoms with Crippen LogP contribution >= 0.6 is 0 Å². The van der Waals surface area contributed by atoms with Crippen molar-refractivity contribution in [3.63, 3.8) is 0 Å². The number of ether oxygens (including phenoxy) is 3. The molecular weight excluding hydrogens is 745 g/mol. The van der Waals surface area contributed by atoms with Gasteiger partial charge in [0.15, 0.2) is 6.10 Å². The molecule has 0 fully saturated rings. The van der Waals surface area contributed by atoms with Gasteiger partial charge in [0.1, 0.15) is 13.2 Å². The van der Waals surface area contributed by atoms with Crippen LogP contribution in [-0.2, 0) is 28.6 Å². The minimum absolute atomic E-state index is 0.0875. The van der Waals surface area contributed by atoms with Crippen molar-refractivity contribution in [3.05, 3.63) is 72.9 Å². The highest BCUT2D eigenvalue weighted by molar-refractivity contribution is 5.71. The van der Waals surface area contributed by atoms with Gasteiger partial charge in [-0.15, -0.1) is 0 Å². The predicted octanol–water partition coefficient (Wildman–Crippen LogP) is 16.3. The van der Waals surface area contributed by atoms with Crippen LogP contribution in [0.4, 0.5) is 0 Å². The minimum Gasteiger partial charge on any atom is -0.462 e. The number of unbranched alkanes of at least 4 members (excludes halogenated alkanes) is 21. The molecule has 0 spiro atoms. The summed E-state index contributed by atoms with van der Waals surface area (Å²) < 4.78 is 16.7. The number of allylic oxidation sites excluding steroid dienone is 12. The zero-order valence-electron chi connectivity index (χ0n) is 39.2. The summed E-state index contributed by atoms with van der Waals surface area (Å²) in [6.45, 7) is 6.44. The molecule has 60 heavy (non-hydrogen) atoms. The molecule has 0 saturated carbocycles. The number of esters is 3. The van der Waals surface area contributed by atoms with E-state index in [0.717, 1.165) is 96.3 Å². The molecule has 0 bridgehead atoms. The maximum Gasteiger partial charge on any atom is 0.306 e. The normalized spacial score (nSPS) is 12.7. The standard InChI is InChI=1S/C54H92O6/c1-4-7-10-13-16-18-20-22-24-25-26-27-28-29-30-32-33-35-38-41-44-47-53(56)59-50-51(49-58-52(55)46-43-40-37-15-12-9-6-3)60-54(57)48-45-42-39-36-34-31-23-21-19-17-14-11-8-5-2/h7,10,16,18,22,24,26-27,29-30,33,35,51H,4-6,8-9,11-15,17,19-21,23,25,28,31-32,34,36-50H2,1-3H3/b10-7-,18-16-,24-22-,27-26-,30-29-,35-33-. The predicted molar refractivity (Wildman–Crippen MR) is 256 cm³/mol. The first-order chi connectivity index (χ1) is 29.5. The zero-order chi connectivity index (χ0) is 43.7. The Balaban J connectivity index is 4.34. The number of rotatable bonds is 44. The molecular formula is C54H92O6. The van der Waals surface area contributed by atoms with Crippen LogP contribution in [0.5, 0.6) is 0 Å². The summed E-state index contributed by atoms with van der Waals surface area (Å²) in [6.07, 6.45) is 60.4. The fourth-order valence-corrected chi connectivity index (χ4v) is 6.74. The molecule has 0 aromatic heterocycles. The summed E-state index contributed by atoms with van der Waals surface area (Å²) in [5.41, 5.74) is 0.